The third-order valence-electron chi connectivity index (χ3n) is 2.48. The van der Waals surface area contributed by atoms with Crippen molar-refractivity contribution < 1.29 is 5.11 Å². The maximum absolute atomic E-state index is 9.25. The number of allylic oxidation sites excluding steroid dienone is 1. The van der Waals surface area contributed by atoms with Gasteiger partial charge in [0.05, 0.1) is 6.61 Å². The summed E-state index contributed by atoms with van der Waals surface area (Å²) in [6.45, 7) is 6.81. The van der Waals surface area contributed by atoms with E-state index in [1.807, 2.05) is 31.3 Å². The van der Waals surface area contributed by atoms with Crippen LogP contribution in [0, 0.1) is 0 Å². The first kappa shape index (κ1) is 9.99. The Morgan fingerprint density at radius 3 is 2.80 bits per heavy atom. The number of fused-ring (bicyclic) bond motifs is 1. The minimum Gasteiger partial charge on any atom is -0.392 e. The molecular weight excluding hydrogens is 186 g/mol. The zero-order valence-electron chi connectivity index (χ0n) is 8.90. The van der Waals surface area contributed by atoms with Crippen LogP contribution >= 0.6 is 0 Å². The number of rotatable bonds is 3. The van der Waals surface area contributed by atoms with Crippen LogP contribution in [0.3, 0.4) is 0 Å². The van der Waals surface area contributed by atoms with Gasteiger partial charge in [-0.15, -0.1) is 0 Å². The lowest BCUT2D eigenvalue weighted by Gasteiger charge is -2.03. The van der Waals surface area contributed by atoms with Crippen LogP contribution in [0.25, 0.3) is 10.9 Å². The van der Waals surface area contributed by atoms with Gasteiger partial charge in [-0.25, -0.2) is 0 Å². The van der Waals surface area contributed by atoms with Gasteiger partial charge in [-0.2, -0.15) is 0 Å². The Bertz CT molecular complexity index is 496. The first-order valence-electron chi connectivity index (χ1n) is 5.04. The number of aliphatic hydroxyl groups excluding tert-OH is 1. The molecule has 1 aromatic heterocycles. The van der Waals surface area contributed by atoms with Crippen molar-refractivity contribution in [1.29, 1.82) is 0 Å². The lowest BCUT2D eigenvalue weighted by molar-refractivity contribution is 0.283. The van der Waals surface area contributed by atoms with E-state index in [9.17, 15) is 5.11 Å². The highest BCUT2D eigenvalue weighted by molar-refractivity contribution is 5.83. The Kier molecular flexibility index (Phi) is 2.60. The van der Waals surface area contributed by atoms with Gasteiger partial charge in [0, 0.05) is 29.2 Å². The van der Waals surface area contributed by atoms with Crippen LogP contribution in [-0.2, 0) is 13.2 Å². The molecule has 15 heavy (non-hydrogen) atoms. The highest BCUT2D eigenvalue weighted by atomic mass is 16.3. The number of aliphatic hydroxyl groups is 1. The van der Waals surface area contributed by atoms with Gasteiger partial charge in [0.25, 0.3) is 0 Å². The molecule has 2 rings (SSSR count). The van der Waals surface area contributed by atoms with Crippen molar-refractivity contribution in [2.75, 3.05) is 0 Å². The molecule has 2 heteroatoms. The summed E-state index contributed by atoms with van der Waals surface area (Å²) in [7, 11) is 0. The monoisotopic (exact) mass is 201 g/mol. The summed E-state index contributed by atoms with van der Waals surface area (Å²) in [4.78, 5) is 0. The molecule has 0 fully saturated rings. The molecule has 0 aliphatic rings. The van der Waals surface area contributed by atoms with Crippen molar-refractivity contribution in [3.63, 3.8) is 0 Å². The Hall–Kier alpha value is -1.54. The first-order valence-corrected chi connectivity index (χ1v) is 5.04. The molecule has 0 unspecified atom stereocenters. The Balaban J connectivity index is 2.59. The van der Waals surface area contributed by atoms with E-state index in [0.29, 0.717) is 0 Å². The van der Waals surface area contributed by atoms with E-state index in [-0.39, 0.29) is 6.61 Å². The van der Waals surface area contributed by atoms with Gasteiger partial charge in [0.15, 0.2) is 0 Å². The molecule has 0 saturated heterocycles. The summed E-state index contributed by atoms with van der Waals surface area (Å²) >= 11 is 0. The highest BCUT2D eigenvalue weighted by Crippen LogP contribution is 2.21. The number of para-hydroxylation sites is 1. The van der Waals surface area contributed by atoms with E-state index < -0.39 is 0 Å². The molecule has 0 aliphatic carbocycles. The predicted molar refractivity (Wildman–Crippen MR) is 62.7 cm³/mol. The average molecular weight is 201 g/mol. The lowest BCUT2D eigenvalue weighted by Crippen LogP contribution is -1.95. The maximum atomic E-state index is 9.25. The van der Waals surface area contributed by atoms with Gasteiger partial charge in [-0.3, -0.25) is 0 Å². The molecule has 1 heterocycles. The van der Waals surface area contributed by atoms with Crippen molar-refractivity contribution in [1.82, 2.24) is 4.57 Å². The summed E-state index contributed by atoms with van der Waals surface area (Å²) < 4.78 is 2.13. The Labute approximate surface area is 89.5 Å². The van der Waals surface area contributed by atoms with E-state index in [0.717, 1.165) is 28.6 Å². The minimum absolute atomic E-state index is 0.0870. The van der Waals surface area contributed by atoms with Crippen LogP contribution in [0.4, 0.5) is 0 Å². The topological polar surface area (TPSA) is 25.2 Å². The second kappa shape index (κ2) is 3.91. The van der Waals surface area contributed by atoms with Crippen LogP contribution in [0.5, 0.6) is 0 Å². The lowest BCUT2D eigenvalue weighted by atomic mass is 10.2. The van der Waals surface area contributed by atoms with E-state index in [1.54, 1.807) is 0 Å². The maximum Gasteiger partial charge on any atom is 0.0702 e. The Morgan fingerprint density at radius 2 is 2.13 bits per heavy atom. The standard InChI is InChI=1S/C13H15NO/c1-10(2)7-14-8-11(9-15)12-5-3-4-6-13(12)14/h3-6,8,15H,1,7,9H2,2H3. The van der Waals surface area contributed by atoms with Crippen LogP contribution < -0.4 is 0 Å². The number of benzene rings is 1. The smallest absolute Gasteiger partial charge is 0.0702 e. The van der Waals surface area contributed by atoms with E-state index >= 15 is 0 Å². The van der Waals surface area contributed by atoms with Crippen molar-refractivity contribution in [2.24, 2.45) is 0 Å². The third-order valence-corrected chi connectivity index (χ3v) is 2.48. The van der Waals surface area contributed by atoms with Gasteiger partial charge in [-0.05, 0) is 13.0 Å². The van der Waals surface area contributed by atoms with Crippen LogP contribution in [0.15, 0.2) is 42.6 Å². The van der Waals surface area contributed by atoms with Crippen molar-refractivity contribution in [3.8, 4) is 0 Å². The van der Waals surface area contributed by atoms with Crippen molar-refractivity contribution >= 4 is 10.9 Å². The first-order chi connectivity index (χ1) is 7.22. The van der Waals surface area contributed by atoms with Crippen molar-refractivity contribution in [2.45, 2.75) is 20.1 Å². The number of hydrogen-bond acceptors (Lipinski definition) is 1. The molecule has 0 atom stereocenters. The SMILES string of the molecule is C=C(C)Cn1cc(CO)c2ccccc21. The molecule has 0 spiro atoms. The summed E-state index contributed by atoms with van der Waals surface area (Å²) in [6.07, 6.45) is 2.00. The van der Waals surface area contributed by atoms with Gasteiger partial charge < -0.3 is 9.67 Å². The highest BCUT2D eigenvalue weighted by Gasteiger charge is 2.06. The van der Waals surface area contributed by atoms with Crippen LogP contribution in [-0.4, -0.2) is 9.67 Å². The predicted octanol–water partition coefficient (Wildman–Crippen LogP) is 2.71. The molecule has 78 valence electrons. The number of nitrogens with zero attached hydrogens (tertiary/aromatic N) is 1. The van der Waals surface area contributed by atoms with Crippen molar-refractivity contribution in [3.05, 3.63) is 48.2 Å². The van der Waals surface area contributed by atoms with Gasteiger partial charge in [0.1, 0.15) is 0 Å². The largest absolute Gasteiger partial charge is 0.392 e. The summed E-state index contributed by atoms with van der Waals surface area (Å²) in [5.41, 5.74) is 3.25. The molecule has 0 saturated carbocycles. The molecule has 0 aliphatic heterocycles. The van der Waals surface area contributed by atoms with E-state index in [4.69, 9.17) is 0 Å². The summed E-state index contributed by atoms with van der Waals surface area (Å²) in [5, 5.41) is 10.4. The minimum atomic E-state index is 0.0870. The number of aromatic nitrogens is 1. The molecule has 0 amide bonds. The fraction of sp³-hybridized carbons (Fsp3) is 0.231. The zero-order chi connectivity index (χ0) is 10.8. The quantitative estimate of drug-likeness (QED) is 0.759. The normalized spacial score (nSPS) is 10.8. The molecule has 1 N–H and O–H groups in total. The van der Waals surface area contributed by atoms with Gasteiger partial charge in [0.2, 0.25) is 0 Å². The van der Waals surface area contributed by atoms with Crippen LogP contribution in [0.2, 0.25) is 0 Å². The molecule has 2 aromatic rings. The molecule has 0 bridgehead atoms. The second-order valence-corrected chi connectivity index (χ2v) is 3.91. The zero-order valence-corrected chi connectivity index (χ0v) is 8.90. The van der Waals surface area contributed by atoms with Gasteiger partial charge >= 0.3 is 0 Å². The van der Waals surface area contributed by atoms with E-state index in [2.05, 4.69) is 17.2 Å². The molecule has 2 nitrogen and oxygen atoms in total. The summed E-state index contributed by atoms with van der Waals surface area (Å²) in [6, 6.07) is 8.11. The molecule has 0 radical (unpaired) electrons. The fourth-order valence-corrected chi connectivity index (χ4v) is 1.87. The third kappa shape index (κ3) is 1.81. The van der Waals surface area contributed by atoms with Gasteiger partial charge in [-0.1, -0.05) is 30.4 Å². The number of hydrogen-bond donors (Lipinski definition) is 1. The molecular formula is C13H15NO. The summed E-state index contributed by atoms with van der Waals surface area (Å²) in [5.74, 6) is 0. The average Bonchev–Trinajstić information content (AvgIpc) is 2.56. The fourth-order valence-electron chi connectivity index (χ4n) is 1.87. The molecule has 1 aromatic carbocycles. The van der Waals surface area contributed by atoms with E-state index in [1.165, 1.54) is 0 Å². The van der Waals surface area contributed by atoms with Crippen LogP contribution in [0.1, 0.15) is 12.5 Å². The Morgan fingerprint density at radius 1 is 1.40 bits per heavy atom. The second-order valence-electron chi connectivity index (χ2n) is 3.91.